The monoisotopic (exact) mass is 243 g/mol. The van der Waals surface area contributed by atoms with Crippen LogP contribution in [0.3, 0.4) is 0 Å². The summed E-state index contributed by atoms with van der Waals surface area (Å²) < 4.78 is 24.2. The summed E-state index contributed by atoms with van der Waals surface area (Å²) in [5.41, 5.74) is 0. The van der Waals surface area contributed by atoms with E-state index in [1.165, 1.54) is 0 Å². The van der Waals surface area contributed by atoms with E-state index in [4.69, 9.17) is 15.1 Å². The first-order valence-corrected chi connectivity index (χ1v) is 5.58. The Bertz CT molecular complexity index is 258. The van der Waals surface area contributed by atoms with Gasteiger partial charge in [-0.3, -0.25) is 9.05 Å². The summed E-state index contributed by atoms with van der Waals surface area (Å²) in [6.45, 7) is -0.607. The fraction of sp³-hybridized carbons (Fsp3) is 1.00. The molecule has 0 aromatic heterocycles. The molecule has 0 bridgehead atoms. The fourth-order valence-corrected chi connectivity index (χ4v) is 1.83. The van der Waals surface area contributed by atoms with Crippen LogP contribution in [-0.4, -0.2) is 53.4 Å². The van der Waals surface area contributed by atoms with Crippen LogP contribution in [0.25, 0.3) is 0 Å². The molecule has 15 heavy (non-hydrogen) atoms. The largest absolute Gasteiger partial charge is 0.846 e. The predicted octanol–water partition coefficient (Wildman–Crippen LogP) is -2.44. The molecule has 1 fully saturated rings. The van der Waals surface area contributed by atoms with Crippen LogP contribution in [0, 0.1) is 0 Å². The highest BCUT2D eigenvalue weighted by Gasteiger charge is 2.41. The van der Waals surface area contributed by atoms with Crippen LogP contribution in [0.5, 0.6) is 0 Å². The van der Waals surface area contributed by atoms with E-state index in [0.29, 0.717) is 0 Å². The lowest BCUT2D eigenvalue weighted by molar-refractivity contribution is -0.453. The molecule has 3 N–H and O–H groups in total. The van der Waals surface area contributed by atoms with Crippen LogP contribution < -0.4 is 5.11 Å². The number of aliphatic hydroxyl groups excluding tert-OH is 2. The van der Waals surface area contributed by atoms with E-state index in [2.05, 4.69) is 13.8 Å². The van der Waals surface area contributed by atoms with Gasteiger partial charge in [0, 0.05) is 7.11 Å². The van der Waals surface area contributed by atoms with E-state index in [9.17, 15) is 9.67 Å². The van der Waals surface area contributed by atoms with E-state index in [-0.39, 0.29) is 0 Å². The summed E-state index contributed by atoms with van der Waals surface area (Å²) in [5.74, 6) is 0. The van der Waals surface area contributed by atoms with Gasteiger partial charge < -0.3 is 24.9 Å². The van der Waals surface area contributed by atoms with Gasteiger partial charge in [0.1, 0.15) is 12.4 Å². The van der Waals surface area contributed by atoms with Crippen molar-refractivity contribution in [3.8, 4) is 0 Å². The third-order valence-corrected chi connectivity index (χ3v) is 2.92. The summed E-state index contributed by atoms with van der Waals surface area (Å²) in [4.78, 5) is 8.95. The molecule has 1 heterocycles. The maximum Gasteiger partial charge on any atom is 0.472 e. The summed E-state index contributed by atoms with van der Waals surface area (Å²) >= 11 is 0. The standard InChI is InChI=1S/C6H12O8P/c1-12-15(10,11)14-5-3(2-7)13-6(9)4(5)8/h3-7,9H,2H2,1H3,(H,10,11)/q-1/t3-,4-,5-,6-/m1/s1. The van der Waals surface area contributed by atoms with Crippen molar-refractivity contribution in [3.05, 3.63) is 0 Å². The molecular weight excluding hydrogens is 231 g/mol. The molecule has 1 unspecified atom stereocenters. The van der Waals surface area contributed by atoms with E-state index in [1.54, 1.807) is 0 Å². The van der Waals surface area contributed by atoms with Crippen molar-refractivity contribution in [2.75, 3.05) is 13.7 Å². The molecule has 0 amide bonds. The van der Waals surface area contributed by atoms with Crippen molar-refractivity contribution in [2.45, 2.75) is 24.6 Å². The highest BCUT2D eigenvalue weighted by Crippen LogP contribution is 2.45. The number of hydrogen-bond donors (Lipinski definition) is 3. The van der Waals surface area contributed by atoms with Gasteiger partial charge in [0.25, 0.3) is 0 Å². The van der Waals surface area contributed by atoms with Crippen LogP contribution in [0.2, 0.25) is 0 Å². The lowest BCUT2D eigenvalue weighted by Gasteiger charge is -2.27. The molecule has 8 nitrogen and oxygen atoms in total. The normalized spacial score (nSPS) is 40.3. The Hall–Kier alpha value is -0.0500. The maximum absolute atomic E-state index is 11.3. The first-order chi connectivity index (χ1) is 6.91. The number of phosphoric acid groups is 1. The average molecular weight is 243 g/mol. The molecular formula is C6H12O8P-. The van der Waals surface area contributed by atoms with Gasteiger partial charge in [-0.1, -0.05) is 0 Å². The Morgan fingerprint density at radius 3 is 2.67 bits per heavy atom. The van der Waals surface area contributed by atoms with Gasteiger partial charge in [-0.2, -0.15) is 0 Å². The van der Waals surface area contributed by atoms with Crippen LogP contribution >= 0.6 is 7.82 Å². The molecule has 1 aliphatic rings. The van der Waals surface area contributed by atoms with Gasteiger partial charge in [0.2, 0.25) is 0 Å². The Kier molecular flexibility index (Phi) is 4.21. The molecule has 1 saturated heterocycles. The first kappa shape index (κ1) is 13.0. The number of ether oxygens (including phenoxy) is 1. The van der Waals surface area contributed by atoms with Crippen molar-refractivity contribution in [1.29, 1.82) is 0 Å². The zero-order valence-corrected chi connectivity index (χ0v) is 8.74. The molecule has 0 radical (unpaired) electrons. The average Bonchev–Trinajstić information content (AvgIpc) is 2.45. The summed E-state index contributed by atoms with van der Waals surface area (Å²) in [7, 11) is -3.41. The minimum Gasteiger partial charge on any atom is -0.846 e. The van der Waals surface area contributed by atoms with Gasteiger partial charge in [0.05, 0.1) is 12.7 Å². The molecule has 0 saturated carbocycles. The lowest BCUT2D eigenvalue weighted by atomic mass is 10.1. The molecule has 1 rings (SSSR count). The van der Waals surface area contributed by atoms with E-state index >= 15 is 0 Å². The quantitative estimate of drug-likeness (QED) is 0.464. The van der Waals surface area contributed by atoms with Crippen molar-refractivity contribution < 1.29 is 38.6 Å². The SMILES string of the molecule is COP(=O)(O)O[C@H]1[C@@H]([O-])[C@H](O)O[C@@H]1CO. The molecule has 90 valence electrons. The first-order valence-electron chi connectivity index (χ1n) is 4.08. The summed E-state index contributed by atoms with van der Waals surface area (Å²) in [6.07, 6.45) is -6.01. The number of rotatable bonds is 4. The Labute approximate surface area is 85.6 Å². The van der Waals surface area contributed by atoms with E-state index in [0.717, 1.165) is 7.11 Å². The number of hydrogen-bond acceptors (Lipinski definition) is 7. The molecule has 0 aromatic carbocycles. The van der Waals surface area contributed by atoms with Crippen molar-refractivity contribution in [3.63, 3.8) is 0 Å². The topological polar surface area (TPSA) is 129 Å². The van der Waals surface area contributed by atoms with Crippen LogP contribution in [0.15, 0.2) is 0 Å². The zero-order chi connectivity index (χ0) is 11.6. The maximum atomic E-state index is 11.3. The van der Waals surface area contributed by atoms with Crippen molar-refractivity contribution in [1.82, 2.24) is 0 Å². The van der Waals surface area contributed by atoms with Gasteiger partial charge >= 0.3 is 7.82 Å². The highest BCUT2D eigenvalue weighted by molar-refractivity contribution is 7.47. The lowest BCUT2D eigenvalue weighted by Crippen LogP contribution is -2.45. The molecule has 0 spiro atoms. The number of aliphatic hydroxyl groups is 2. The number of phosphoric ester groups is 1. The smallest absolute Gasteiger partial charge is 0.472 e. The molecule has 5 atom stereocenters. The second-order valence-electron chi connectivity index (χ2n) is 2.93. The third-order valence-electron chi connectivity index (χ3n) is 1.95. The van der Waals surface area contributed by atoms with Gasteiger partial charge in [-0.25, -0.2) is 4.57 Å². The van der Waals surface area contributed by atoms with Gasteiger partial charge in [-0.05, 0) is 6.10 Å². The van der Waals surface area contributed by atoms with Crippen LogP contribution in [0.4, 0.5) is 0 Å². The van der Waals surface area contributed by atoms with Crippen LogP contribution in [0.1, 0.15) is 0 Å². The van der Waals surface area contributed by atoms with E-state index in [1.807, 2.05) is 0 Å². The van der Waals surface area contributed by atoms with Gasteiger partial charge in [0.15, 0.2) is 0 Å². The fourth-order valence-electron chi connectivity index (χ4n) is 1.18. The van der Waals surface area contributed by atoms with Crippen molar-refractivity contribution in [2.24, 2.45) is 0 Å². The minimum absolute atomic E-state index is 0.607. The highest BCUT2D eigenvalue weighted by atomic mass is 31.2. The third kappa shape index (κ3) is 2.96. The molecule has 0 aliphatic carbocycles. The zero-order valence-electron chi connectivity index (χ0n) is 7.85. The van der Waals surface area contributed by atoms with Crippen molar-refractivity contribution >= 4 is 7.82 Å². The minimum atomic E-state index is -4.34. The van der Waals surface area contributed by atoms with Crippen LogP contribution in [-0.2, 0) is 18.3 Å². The Morgan fingerprint density at radius 2 is 2.20 bits per heavy atom. The van der Waals surface area contributed by atoms with Gasteiger partial charge in [-0.15, -0.1) is 0 Å². The predicted molar refractivity (Wildman–Crippen MR) is 43.5 cm³/mol. The Balaban J connectivity index is 2.70. The molecule has 1 aliphatic heterocycles. The second kappa shape index (κ2) is 4.86. The summed E-state index contributed by atoms with van der Waals surface area (Å²) in [5, 5.41) is 29.0. The summed E-state index contributed by atoms with van der Waals surface area (Å²) in [6, 6.07) is 0. The molecule has 0 aromatic rings. The Morgan fingerprint density at radius 1 is 1.60 bits per heavy atom. The van der Waals surface area contributed by atoms with E-state index < -0.39 is 39.0 Å². The molecule has 9 heteroatoms. The second-order valence-corrected chi connectivity index (χ2v) is 4.45.